The Kier molecular flexibility index (Phi) is 10.6. The van der Waals surface area contributed by atoms with Gasteiger partial charge in [0.15, 0.2) is 0 Å². The zero-order valence-electron chi connectivity index (χ0n) is 14.2. The molecule has 1 aromatic carbocycles. The van der Waals surface area contributed by atoms with Gasteiger partial charge in [-0.2, -0.15) is 0 Å². The molecule has 1 rings (SSSR count). The van der Waals surface area contributed by atoms with E-state index in [1.54, 1.807) is 7.11 Å². The summed E-state index contributed by atoms with van der Waals surface area (Å²) in [5, 5.41) is 1.49. The minimum atomic E-state index is -0.0406. The van der Waals surface area contributed by atoms with E-state index >= 15 is 0 Å². The first-order valence-corrected chi connectivity index (χ1v) is 10.4. The Bertz CT molecular complexity index is 352. The molecule has 21 heavy (non-hydrogen) atoms. The van der Waals surface area contributed by atoms with E-state index in [9.17, 15) is 0 Å². The molecule has 120 valence electrons. The SMILES string of the molecule is CCCCCCP(CCCCCC)c1ccccc1OC. The summed E-state index contributed by atoms with van der Waals surface area (Å²) >= 11 is 0. The van der Waals surface area contributed by atoms with Crippen molar-refractivity contribution >= 4 is 13.2 Å². The van der Waals surface area contributed by atoms with E-state index in [1.807, 2.05) is 0 Å². The molecule has 0 aromatic heterocycles. The monoisotopic (exact) mass is 308 g/mol. The molecule has 0 spiro atoms. The Labute approximate surface area is 133 Å². The van der Waals surface area contributed by atoms with Crippen LogP contribution in [0.5, 0.6) is 5.75 Å². The quantitative estimate of drug-likeness (QED) is 0.342. The number of rotatable bonds is 12. The molecule has 0 atom stereocenters. The highest BCUT2D eigenvalue weighted by molar-refractivity contribution is 7.65. The molecule has 1 nitrogen and oxygen atoms in total. The summed E-state index contributed by atoms with van der Waals surface area (Å²) in [7, 11) is 1.77. The normalized spacial score (nSPS) is 11.0. The maximum atomic E-state index is 5.60. The lowest BCUT2D eigenvalue weighted by Gasteiger charge is -2.20. The van der Waals surface area contributed by atoms with Gasteiger partial charge in [-0.05, 0) is 31.2 Å². The molecule has 0 N–H and O–H groups in total. The number of benzene rings is 1. The zero-order chi connectivity index (χ0) is 15.3. The van der Waals surface area contributed by atoms with Crippen molar-refractivity contribution in [3.8, 4) is 5.75 Å². The fourth-order valence-electron chi connectivity index (χ4n) is 2.70. The smallest absolute Gasteiger partial charge is 0.126 e. The predicted molar refractivity (Wildman–Crippen MR) is 97.6 cm³/mol. The van der Waals surface area contributed by atoms with Crippen LogP contribution in [-0.4, -0.2) is 19.4 Å². The van der Waals surface area contributed by atoms with Gasteiger partial charge in [0.1, 0.15) is 5.75 Å². The van der Waals surface area contributed by atoms with E-state index in [0.717, 1.165) is 5.75 Å². The second-order valence-electron chi connectivity index (χ2n) is 5.78. The standard InChI is InChI=1S/C19H33OP/c1-4-6-8-12-16-21(17-13-9-7-5-2)19-15-11-10-14-18(19)20-3/h10-11,14-15H,4-9,12-13,16-17H2,1-3H3. The van der Waals surface area contributed by atoms with Crippen LogP contribution in [0.25, 0.3) is 0 Å². The minimum absolute atomic E-state index is 0.0406. The molecular weight excluding hydrogens is 275 g/mol. The van der Waals surface area contributed by atoms with E-state index in [2.05, 4.69) is 38.1 Å². The number of ether oxygens (including phenoxy) is 1. The summed E-state index contributed by atoms with van der Waals surface area (Å²) in [5.41, 5.74) is 0. The molecule has 0 heterocycles. The summed E-state index contributed by atoms with van der Waals surface area (Å²) in [4.78, 5) is 0. The first-order chi connectivity index (χ1) is 10.3. The third-order valence-electron chi connectivity index (χ3n) is 3.99. The maximum absolute atomic E-state index is 5.60. The van der Waals surface area contributed by atoms with Crippen LogP contribution in [0.2, 0.25) is 0 Å². The van der Waals surface area contributed by atoms with Crippen LogP contribution in [0, 0.1) is 0 Å². The van der Waals surface area contributed by atoms with E-state index < -0.39 is 0 Å². The molecular formula is C19H33OP. The second kappa shape index (κ2) is 12.0. The zero-order valence-corrected chi connectivity index (χ0v) is 15.1. The lowest BCUT2D eigenvalue weighted by molar-refractivity contribution is 0.418. The minimum Gasteiger partial charge on any atom is -0.496 e. The molecule has 0 aliphatic heterocycles. The molecule has 0 aliphatic carbocycles. The van der Waals surface area contributed by atoms with Crippen molar-refractivity contribution in [3.05, 3.63) is 24.3 Å². The van der Waals surface area contributed by atoms with Crippen LogP contribution in [0.3, 0.4) is 0 Å². The molecule has 0 unspecified atom stereocenters. The van der Waals surface area contributed by atoms with Crippen molar-refractivity contribution in [1.29, 1.82) is 0 Å². The topological polar surface area (TPSA) is 9.23 Å². The van der Waals surface area contributed by atoms with Gasteiger partial charge in [-0.15, -0.1) is 0 Å². The van der Waals surface area contributed by atoms with E-state index in [1.165, 1.54) is 69.0 Å². The summed E-state index contributed by atoms with van der Waals surface area (Å²) in [6.45, 7) is 4.57. The van der Waals surface area contributed by atoms with Gasteiger partial charge in [0, 0.05) is 5.30 Å². The van der Waals surface area contributed by atoms with Crippen molar-refractivity contribution in [1.82, 2.24) is 0 Å². The Morgan fingerprint density at radius 2 is 1.38 bits per heavy atom. The third-order valence-corrected chi connectivity index (χ3v) is 6.75. The molecule has 0 radical (unpaired) electrons. The Balaban J connectivity index is 2.60. The summed E-state index contributed by atoms with van der Waals surface area (Å²) in [5.74, 6) is 1.11. The fourth-order valence-corrected chi connectivity index (χ4v) is 5.39. The number of methoxy groups -OCH3 is 1. The number of hydrogen-bond donors (Lipinski definition) is 0. The highest BCUT2D eigenvalue weighted by Gasteiger charge is 2.14. The van der Waals surface area contributed by atoms with Crippen LogP contribution >= 0.6 is 7.92 Å². The highest BCUT2D eigenvalue weighted by Crippen LogP contribution is 2.40. The molecule has 0 bridgehead atoms. The lowest BCUT2D eigenvalue weighted by Crippen LogP contribution is -2.10. The molecule has 1 aromatic rings. The van der Waals surface area contributed by atoms with Crippen molar-refractivity contribution in [2.75, 3.05) is 19.4 Å². The van der Waals surface area contributed by atoms with Gasteiger partial charge >= 0.3 is 0 Å². The summed E-state index contributed by atoms with van der Waals surface area (Å²) < 4.78 is 5.60. The number of para-hydroxylation sites is 1. The van der Waals surface area contributed by atoms with Crippen LogP contribution in [-0.2, 0) is 0 Å². The first kappa shape index (κ1) is 18.5. The molecule has 0 fully saturated rings. The molecule has 2 heteroatoms. The third kappa shape index (κ3) is 7.32. The van der Waals surface area contributed by atoms with E-state index in [-0.39, 0.29) is 7.92 Å². The van der Waals surface area contributed by atoms with Crippen molar-refractivity contribution < 1.29 is 4.74 Å². The Hall–Kier alpha value is -0.550. The van der Waals surface area contributed by atoms with Crippen LogP contribution < -0.4 is 10.0 Å². The van der Waals surface area contributed by atoms with Crippen LogP contribution in [0.1, 0.15) is 65.2 Å². The van der Waals surface area contributed by atoms with Gasteiger partial charge < -0.3 is 4.74 Å². The van der Waals surface area contributed by atoms with Gasteiger partial charge in [-0.25, -0.2) is 0 Å². The van der Waals surface area contributed by atoms with Gasteiger partial charge in [0.25, 0.3) is 0 Å². The largest absolute Gasteiger partial charge is 0.496 e. The highest BCUT2D eigenvalue weighted by atomic mass is 31.1. The molecule has 0 aliphatic rings. The Morgan fingerprint density at radius 3 is 1.90 bits per heavy atom. The Morgan fingerprint density at radius 1 is 0.810 bits per heavy atom. The van der Waals surface area contributed by atoms with Gasteiger partial charge in [-0.3, -0.25) is 0 Å². The lowest BCUT2D eigenvalue weighted by atomic mass is 10.2. The predicted octanol–water partition coefficient (Wildman–Crippen LogP) is 5.96. The molecule has 0 amide bonds. The average Bonchev–Trinajstić information content (AvgIpc) is 2.53. The van der Waals surface area contributed by atoms with Crippen molar-refractivity contribution in [2.45, 2.75) is 65.2 Å². The number of hydrogen-bond acceptors (Lipinski definition) is 1. The van der Waals surface area contributed by atoms with Gasteiger partial charge in [0.05, 0.1) is 7.11 Å². The van der Waals surface area contributed by atoms with Crippen molar-refractivity contribution in [2.24, 2.45) is 0 Å². The van der Waals surface area contributed by atoms with Gasteiger partial charge in [-0.1, -0.05) is 78.5 Å². The summed E-state index contributed by atoms with van der Waals surface area (Å²) in [6, 6.07) is 8.68. The van der Waals surface area contributed by atoms with E-state index in [4.69, 9.17) is 4.74 Å². The molecule has 0 saturated carbocycles. The maximum Gasteiger partial charge on any atom is 0.126 e. The first-order valence-electron chi connectivity index (χ1n) is 8.71. The van der Waals surface area contributed by atoms with Gasteiger partial charge in [0.2, 0.25) is 0 Å². The van der Waals surface area contributed by atoms with Crippen molar-refractivity contribution in [3.63, 3.8) is 0 Å². The second-order valence-corrected chi connectivity index (χ2v) is 8.24. The van der Waals surface area contributed by atoms with Crippen LogP contribution in [0.4, 0.5) is 0 Å². The van der Waals surface area contributed by atoms with E-state index in [0.29, 0.717) is 0 Å². The summed E-state index contributed by atoms with van der Waals surface area (Å²) in [6.07, 6.45) is 13.7. The number of unbranched alkanes of at least 4 members (excludes halogenated alkanes) is 6. The average molecular weight is 308 g/mol. The fraction of sp³-hybridized carbons (Fsp3) is 0.684. The van der Waals surface area contributed by atoms with Crippen LogP contribution in [0.15, 0.2) is 24.3 Å². The molecule has 0 saturated heterocycles.